The second kappa shape index (κ2) is 8.69. The SMILES string of the molecule is CC(C)NS(=O)(=O)c1ccc(NC(=O)C2CC3CCCCC3N2)cc1.Cl. The Morgan fingerprint density at radius 3 is 2.42 bits per heavy atom. The highest BCUT2D eigenvalue weighted by atomic mass is 35.5. The summed E-state index contributed by atoms with van der Waals surface area (Å²) in [5.74, 6) is 0.574. The maximum atomic E-state index is 12.5. The number of anilines is 1. The van der Waals surface area contributed by atoms with Gasteiger partial charge in [0.05, 0.1) is 10.9 Å². The fraction of sp³-hybridized carbons (Fsp3) is 0.611. The number of rotatable bonds is 5. The normalized spacial score (nSPS) is 25.4. The number of sulfonamides is 1. The number of carbonyl (C=O) groups is 1. The quantitative estimate of drug-likeness (QED) is 0.707. The maximum absolute atomic E-state index is 12.5. The average Bonchev–Trinajstić information content (AvgIpc) is 2.98. The Hall–Kier alpha value is -1.15. The average molecular weight is 402 g/mol. The van der Waals surface area contributed by atoms with Crippen molar-refractivity contribution in [1.82, 2.24) is 10.0 Å². The van der Waals surface area contributed by atoms with Gasteiger partial charge in [-0.3, -0.25) is 4.79 Å². The fourth-order valence-corrected chi connectivity index (χ4v) is 5.10. The molecule has 0 spiro atoms. The first-order valence-corrected chi connectivity index (χ1v) is 10.5. The van der Waals surface area contributed by atoms with E-state index in [-0.39, 0.29) is 35.3 Å². The summed E-state index contributed by atoms with van der Waals surface area (Å²) in [6, 6.07) is 6.45. The number of halogens is 1. The molecule has 1 aromatic rings. The van der Waals surface area contributed by atoms with Crippen LogP contribution in [0, 0.1) is 5.92 Å². The van der Waals surface area contributed by atoms with E-state index >= 15 is 0 Å². The smallest absolute Gasteiger partial charge is 0.241 e. The molecule has 1 aromatic carbocycles. The molecule has 0 aromatic heterocycles. The zero-order valence-electron chi connectivity index (χ0n) is 15.2. The van der Waals surface area contributed by atoms with Gasteiger partial charge in [-0.1, -0.05) is 12.8 Å². The Labute approximate surface area is 162 Å². The van der Waals surface area contributed by atoms with Gasteiger partial charge in [-0.15, -0.1) is 12.4 Å². The van der Waals surface area contributed by atoms with Gasteiger partial charge in [0.25, 0.3) is 0 Å². The molecular weight excluding hydrogens is 374 g/mol. The highest BCUT2D eigenvalue weighted by molar-refractivity contribution is 7.89. The molecule has 3 unspecified atom stereocenters. The third-order valence-corrected chi connectivity index (χ3v) is 6.68. The first kappa shape index (κ1) is 21.2. The molecule has 8 heteroatoms. The predicted octanol–water partition coefficient (Wildman–Crippen LogP) is 2.65. The van der Waals surface area contributed by atoms with Gasteiger partial charge in [0.2, 0.25) is 15.9 Å². The standard InChI is InChI=1S/C18H27N3O3S.ClH/c1-12(2)21-25(23,24)15-9-7-14(8-10-15)19-18(22)17-11-13-5-3-4-6-16(13)20-17;/h7-10,12-13,16-17,20-21H,3-6,11H2,1-2H3,(H,19,22);1H. The van der Waals surface area contributed by atoms with Gasteiger partial charge in [0.1, 0.15) is 0 Å². The summed E-state index contributed by atoms with van der Waals surface area (Å²) in [5, 5.41) is 6.35. The first-order valence-electron chi connectivity index (χ1n) is 9.04. The molecular formula is C18H28ClN3O3S. The van der Waals surface area contributed by atoms with Crippen LogP contribution in [0.1, 0.15) is 46.0 Å². The molecule has 1 aliphatic heterocycles. The van der Waals surface area contributed by atoms with E-state index < -0.39 is 10.0 Å². The molecule has 2 aliphatic rings. The van der Waals surface area contributed by atoms with Crippen LogP contribution in [-0.4, -0.2) is 32.5 Å². The lowest BCUT2D eigenvalue weighted by Crippen LogP contribution is -2.39. The molecule has 1 amide bonds. The maximum Gasteiger partial charge on any atom is 0.241 e. The van der Waals surface area contributed by atoms with E-state index in [1.54, 1.807) is 26.0 Å². The van der Waals surface area contributed by atoms with Crippen molar-refractivity contribution in [2.75, 3.05) is 5.32 Å². The molecule has 3 N–H and O–H groups in total. The van der Waals surface area contributed by atoms with Gasteiger partial charge < -0.3 is 10.6 Å². The topological polar surface area (TPSA) is 87.3 Å². The van der Waals surface area contributed by atoms with Crippen LogP contribution in [0.5, 0.6) is 0 Å². The van der Waals surface area contributed by atoms with Gasteiger partial charge >= 0.3 is 0 Å². The van der Waals surface area contributed by atoms with Gasteiger partial charge in [0.15, 0.2) is 0 Å². The molecule has 146 valence electrons. The van der Waals surface area contributed by atoms with Gasteiger partial charge in [-0.2, -0.15) is 0 Å². The third kappa shape index (κ3) is 4.97. The summed E-state index contributed by atoms with van der Waals surface area (Å²) in [7, 11) is -3.51. The van der Waals surface area contributed by atoms with Gasteiger partial charge in [-0.25, -0.2) is 13.1 Å². The zero-order chi connectivity index (χ0) is 18.0. The second-order valence-electron chi connectivity index (χ2n) is 7.40. The Kier molecular flexibility index (Phi) is 7.07. The number of fused-ring (bicyclic) bond motifs is 1. The third-order valence-electron chi connectivity index (χ3n) is 5.00. The van der Waals surface area contributed by atoms with Crippen LogP contribution >= 0.6 is 12.4 Å². The Morgan fingerprint density at radius 2 is 1.81 bits per heavy atom. The Morgan fingerprint density at radius 1 is 1.15 bits per heavy atom. The van der Waals surface area contributed by atoms with Crippen LogP contribution in [0.2, 0.25) is 0 Å². The summed E-state index contributed by atoms with van der Waals surface area (Å²) in [6.45, 7) is 3.55. The van der Waals surface area contributed by atoms with Crippen molar-refractivity contribution in [1.29, 1.82) is 0 Å². The van der Waals surface area contributed by atoms with Crippen LogP contribution in [-0.2, 0) is 14.8 Å². The van der Waals surface area contributed by atoms with Crippen LogP contribution in [0.3, 0.4) is 0 Å². The minimum absolute atomic E-state index is 0. The number of amides is 1. The van der Waals surface area contributed by atoms with E-state index in [9.17, 15) is 13.2 Å². The lowest BCUT2D eigenvalue weighted by molar-refractivity contribution is -0.117. The van der Waals surface area contributed by atoms with Crippen molar-refractivity contribution in [3.8, 4) is 0 Å². The van der Waals surface area contributed by atoms with Crippen LogP contribution in [0.25, 0.3) is 0 Å². The van der Waals surface area contributed by atoms with E-state index in [1.165, 1.54) is 31.4 Å². The van der Waals surface area contributed by atoms with Gasteiger partial charge in [-0.05, 0) is 63.3 Å². The molecule has 26 heavy (non-hydrogen) atoms. The number of hydrogen-bond acceptors (Lipinski definition) is 4. The minimum atomic E-state index is -3.51. The first-order chi connectivity index (χ1) is 11.8. The van der Waals surface area contributed by atoms with Crippen molar-refractivity contribution >= 4 is 34.0 Å². The molecule has 0 radical (unpaired) electrons. The summed E-state index contributed by atoms with van der Waals surface area (Å²) in [5.41, 5.74) is 0.616. The summed E-state index contributed by atoms with van der Waals surface area (Å²) in [4.78, 5) is 12.7. The molecule has 0 bridgehead atoms. The Balaban J connectivity index is 0.00000243. The molecule has 3 atom stereocenters. The monoisotopic (exact) mass is 401 g/mol. The fourth-order valence-electron chi connectivity index (χ4n) is 3.85. The Bertz CT molecular complexity index is 708. The lowest BCUT2D eigenvalue weighted by Gasteiger charge is -2.24. The van der Waals surface area contributed by atoms with Crippen molar-refractivity contribution in [2.45, 2.75) is 69.0 Å². The van der Waals surface area contributed by atoms with Crippen molar-refractivity contribution in [3.63, 3.8) is 0 Å². The molecule has 1 saturated heterocycles. The van der Waals surface area contributed by atoms with Crippen LogP contribution < -0.4 is 15.4 Å². The minimum Gasteiger partial charge on any atom is -0.325 e. The van der Waals surface area contributed by atoms with E-state index in [0.717, 1.165) is 12.8 Å². The summed E-state index contributed by atoms with van der Waals surface area (Å²) in [6.07, 6.45) is 5.75. The molecule has 1 heterocycles. The summed E-state index contributed by atoms with van der Waals surface area (Å²) >= 11 is 0. The van der Waals surface area contributed by atoms with E-state index in [4.69, 9.17) is 0 Å². The zero-order valence-corrected chi connectivity index (χ0v) is 16.8. The van der Waals surface area contributed by atoms with Gasteiger partial charge in [0, 0.05) is 17.8 Å². The van der Waals surface area contributed by atoms with Crippen molar-refractivity contribution < 1.29 is 13.2 Å². The van der Waals surface area contributed by atoms with Crippen molar-refractivity contribution in [2.24, 2.45) is 5.92 Å². The van der Waals surface area contributed by atoms with Crippen molar-refractivity contribution in [3.05, 3.63) is 24.3 Å². The number of hydrogen-bond donors (Lipinski definition) is 3. The number of benzene rings is 1. The van der Waals surface area contributed by atoms with Crippen LogP contribution in [0.4, 0.5) is 5.69 Å². The largest absolute Gasteiger partial charge is 0.325 e. The predicted molar refractivity (Wildman–Crippen MR) is 105 cm³/mol. The number of carbonyl (C=O) groups excluding carboxylic acids is 1. The van der Waals surface area contributed by atoms with E-state index in [1.807, 2.05) is 0 Å². The summed E-state index contributed by atoms with van der Waals surface area (Å²) < 4.78 is 26.8. The molecule has 2 fully saturated rings. The van der Waals surface area contributed by atoms with E-state index in [0.29, 0.717) is 17.6 Å². The molecule has 3 rings (SSSR count). The molecule has 1 aliphatic carbocycles. The number of nitrogens with one attached hydrogen (secondary N) is 3. The van der Waals surface area contributed by atoms with Crippen LogP contribution in [0.15, 0.2) is 29.2 Å². The molecule has 6 nitrogen and oxygen atoms in total. The molecule has 1 saturated carbocycles. The second-order valence-corrected chi connectivity index (χ2v) is 9.11. The lowest BCUT2D eigenvalue weighted by atomic mass is 9.85. The van der Waals surface area contributed by atoms with E-state index in [2.05, 4.69) is 15.4 Å². The highest BCUT2D eigenvalue weighted by Crippen LogP contribution is 2.33. The highest BCUT2D eigenvalue weighted by Gasteiger charge is 2.38.